The maximum absolute atomic E-state index is 13.2. The molecule has 1 aromatic rings. The molecule has 0 spiro atoms. The maximum atomic E-state index is 13.2. The Morgan fingerprint density at radius 3 is 2.61 bits per heavy atom. The molecule has 124 valence electrons. The van der Waals surface area contributed by atoms with Gasteiger partial charge < -0.3 is 10.1 Å². The molecule has 0 aromatic heterocycles. The van der Waals surface area contributed by atoms with E-state index in [0.717, 1.165) is 37.7 Å². The molecular weight excluding hydrogens is 293 g/mol. The van der Waals surface area contributed by atoms with Gasteiger partial charge in [0.2, 0.25) is 5.91 Å². The van der Waals surface area contributed by atoms with E-state index >= 15 is 0 Å². The van der Waals surface area contributed by atoms with Crippen LogP contribution in [0.2, 0.25) is 0 Å². The molecule has 0 bridgehead atoms. The summed E-state index contributed by atoms with van der Waals surface area (Å²) in [7, 11) is 0. The number of rotatable bonds is 4. The summed E-state index contributed by atoms with van der Waals surface area (Å²) in [6, 6.07) is 6.69. The van der Waals surface area contributed by atoms with Crippen LogP contribution in [-0.4, -0.2) is 25.7 Å². The molecule has 3 nitrogen and oxygen atoms in total. The van der Waals surface area contributed by atoms with Crippen LogP contribution in [0, 0.1) is 11.7 Å². The lowest BCUT2D eigenvalue weighted by molar-refractivity contribution is -0.125. The van der Waals surface area contributed by atoms with Gasteiger partial charge in [-0.25, -0.2) is 4.39 Å². The second kappa shape index (κ2) is 7.26. The molecule has 1 saturated heterocycles. The number of hydrogen-bond acceptors (Lipinski definition) is 2. The number of benzene rings is 1. The number of halogens is 1. The Morgan fingerprint density at radius 1 is 1.22 bits per heavy atom. The Morgan fingerprint density at radius 2 is 1.96 bits per heavy atom. The number of ether oxygens (including phenoxy) is 1. The first-order chi connectivity index (χ1) is 11.2. The molecule has 2 aliphatic rings. The fourth-order valence-electron chi connectivity index (χ4n) is 3.57. The lowest BCUT2D eigenvalue weighted by atomic mass is 9.74. The van der Waals surface area contributed by atoms with E-state index < -0.39 is 0 Å². The van der Waals surface area contributed by atoms with Crippen LogP contribution in [0.1, 0.15) is 37.7 Å². The van der Waals surface area contributed by atoms with Gasteiger partial charge in [-0.2, -0.15) is 0 Å². The number of allylic oxidation sites excluding steroid dienone is 2. The van der Waals surface area contributed by atoms with Crippen LogP contribution in [0.15, 0.2) is 36.4 Å². The topological polar surface area (TPSA) is 38.3 Å². The number of carbonyl (C=O) groups excluding carboxylic acids is 1. The summed E-state index contributed by atoms with van der Waals surface area (Å²) >= 11 is 0. The third kappa shape index (κ3) is 3.81. The summed E-state index contributed by atoms with van der Waals surface area (Å²) in [6.45, 7) is 1.96. The average Bonchev–Trinajstić information content (AvgIpc) is 2.62. The summed E-state index contributed by atoms with van der Waals surface area (Å²) in [5, 5.41) is 3.15. The molecule has 1 heterocycles. The van der Waals surface area contributed by atoms with Gasteiger partial charge in [0.1, 0.15) is 5.82 Å². The summed E-state index contributed by atoms with van der Waals surface area (Å²) in [4.78, 5) is 12.4. The highest BCUT2D eigenvalue weighted by Gasteiger charge is 2.35. The summed E-state index contributed by atoms with van der Waals surface area (Å²) in [5.74, 6) is 0.00132. The van der Waals surface area contributed by atoms with Gasteiger partial charge in [-0.15, -0.1) is 0 Å². The SMILES string of the molecule is O=C(NCC1(c2ccc(F)cc2)CCOCC1)[C@@H]1CC=CCC1. The third-order valence-corrected chi connectivity index (χ3v) is 5.15. The highest BCUT2D eigenvalue weighted by atomic mass is 19.1. The standard InChI is InChI=1S/C19H24FNO2/c20-17-8-6-16(7-9-17)19(10-12-23-13-11-19)14-21-18(22)15-4-2-1-3-5-15/h1-2,6-9,15H,3-5,10-14H2,(H,21,22)/t15-/m1/s1. The molecule has 23 heavy (non-hydrogen) atoms. The van der Waals surface area contributed by atoms with E-state index in [-0.39, 0.29) is 23.1 Å². The highest BCUT2D eigenvalue weighted by Crippen LogP contribution is 2.34. The van der Waals surface area contributed by atoms with Crippen LogP contribution < -0.4 is 5.32 Å². The molecule has 0 unspecified atom stereocenters. The smallest absolute Gasteiger partial charge is 0.223 e. The molecule has 0 saturated carbocycles. The van der Waals surface area contributed by atoms with E-state index in [0.29, 0.717) is 19.8 Å². The van der Waals surface area contributed by atoms with Crippen molar-refractivity contribution in [2.45, 2.75) is 37.5 Å². The van der Waals surface area contributed by atoms with Gasteiger partial charge in [-0.3, -0.25) is 4.79 Å². The summed E-state index contributed by atoms with van der Waals surface area (Å²) < 4.78 is 18.7. The van der Waals surface area contributed by atoms with E-state index in [9.17, 15) is 9.18 Å². The Bertz CT molecular complexity index is 561. The third-order valence-electron chi connectivity index (χ3n) is 5.15. The van der Waals surface area contributed by atoms with Crippen molar-refractivity contribution in [3.05, 3.63) is 47.8 Å². The Hall–Kier alpha value is -1.68. The van der Waals surface area contributed by atoms with Crippen molar-refractivity contribution in [1.82, 2.24) is 5.32 Å². The van der Waals surface area contributed by atoms with Crippen molar-refractivity contribution in [3.63, 3.8) is 0 Å². The Labute approximate surface area is 136 Å². The van der Waals surface area contributed by atoms with Gasteiger partial charge in [-0.05, 0) is 49.8 Å². The summed E-state index contributed by atoms with van der Waals surface area (Å²) in [6.07, 6.45) is 8.68. The van der Waals surface area contributed by atoms with E-state index in [2.05, 4.69) is 17.5 Å². The Kier molecular flexibility index (Phi) is 5.11. The fraction of sp³-hybridized carbons (Fsp3) is 0.526. The average molecular weight is 317 g/mol. The first-order valence-electron chi connectivity index (χ1n) is 8.46. The molecule has 1 aliphatic carbocycles. The molecule has 1 aromatic carbocycles. The predicted molar refractivity (Wildman–Crippen MR) is 87.6 cm³/mol. The molecule has 4 heteroatoms. The lowest BCUT2D eigenvalue weighted by Gasteiger charge is -2.38. The van der Waals surface area contributed by atoms with Gasteiger partial charge in [0.05, 0.1) is 0 Å². The fourth-order valence-corrected chi connectivity index (χ4v) is 3.57. The van der Waals surface area contributed by atoms with Crippen molar-refractivity contribution < 1.29 is 13.9 Å². The molecule has 0 radical (unpaired) electrons. The van der Waals surface area contributed by atoms with Gasteiger partial charge in [0.15, 0.2) is 0 Å². The predicted octanol–water partition coefficient (Wildman–Crippen LogP) is 3.35. The minimum absolute atomic E-state index is 0.0881. The quantitative estimate of drug-likeness (QED) is 0.865. The Balaban J connectivity index is 1.70. The largest absolute Gasteiger partial charge is 0.381 e. The maximum Gasteiger partial charge on any atom is 0.223 e. The minimum atomic E-state index is -0.228. The minimum Gasteiger partial charge on any atom is -0.381 e. The second-order valence-electron chi connectivity index (χ2n) is 6.60. The second-order valence-corrected chi connectivity index (χ2v) is 6.60. The van der Waals surface area contributed by atoms with Gasteiger partial charge in [0.25, 0.3) is 0 Å². The number of carbonyl (C=O) groups is 1. The van der Waals surface area contributed by atoms with Crippen molar-refractivity contribution in [1.29, 1.82) is 0 Å². The molecule has 1 atom stereocenters. The number of nitrogens with one attached hydrogen (secondary N) is 1. The first kappa shape index (κ1) is 16.2. The van der Waals surface area contributed by atoms with Gasteiger partial charge in [-0.1, -0.05) is 24.3 Å². The van der Waals surface area contributed by atoms with Crippen LogP contribution in [0.3, 0.4) is 0 Å². The van der Waals surface area contributed by atoms with Crippen LogP contribution in [0.25, 0.3) is 0 Å². The summed E-state index contributed by atoms with van der Waals surface area (Å²) in [5.41, 5.74) is 0.942. The monoisotopic (exact) mass is 317 g/mol. The normalized spacial score (nSPS) is 23.4. The highest BCUT2D eigenvalue weighted by molar-refractivity contribution is 5.79. The van der Waals surface area contributed by atoms with Gasteiger partial charge >= 0.3 is 0 Å². The van der Waals surface area contributed by atoms with E-state index in [1.54, 1.807) is 0 Å². The van der Waals surface area contributed by atoms with Crippen LogP contribution in [0.5, 0.6) is 0 Å². The van der Waals surface area contributed by atoms with E-state index in [1.165, 1.54) is 12.1 Å². The molecule has 1 N–H and O–H groups in total. The number of hydrogen-bond donors (Lipinski definition) is 1. The van der Waals surface area contributed by atoms with Crippen LogP contribution in [0.4, 0.5) is 4.39 Å². The molecule has 1 fully saturated rings. The van der Waals surface area contributed by atoms with E-state index in [1.807, 2.05) is 12.1 Å². The number of amides is 1. The van der Waals surface area contributed by atoms with Crippen molar-refractivity contribution in [2.24, 2.45) is 5.92 Å². The molecule has 1 aliphatic heterocycles. The molecule has 3 rings (SSSR count). The molecular formula is C19H24FNO2. The van der Waals surface area contributed by atoms with Crippen LogP contribution in [-0.2, 0) is 14.9 Å². The lowest BCUT2D eigenvalue weighted by Crippen LogP contribution is -2.46. The van der Waals surface area contributed by atoms with Crippen LogP contribution >= 0.6 is 0 Å². The van der Waals surface area contributed by atoms with E-state index in [4.69, 9.17) is 4.74 Å². The van der Waals surface area contributed by atoms with Crippen molar-refractivity contribution in [3.8, 4) is 0 Å². The van der Waals surface area contributed by atoms with Gasteiger partial charge in [0, 0.05) is 31.1 Å². The zero-order chi connectivity index (χ0) is 16.1. The molecule has 1 amide bonds. The zero-order valence-corrected chi connectivity index (χ0v) is 13.4. The van der Waals surface area contributed by atoms with Crippen molar-refractivity contribution >= 4 is 5.91 Å². The van der Waals surface area contributed by atoms with Crippen molar-refractivity contribution in [2.75, 3.05) is 19.8 Å². The first-order valence-corrected chi connectivity index (χ1v) is 8.46. The zero-order valence-electron chi connectivity index (χ0n) is 13.4.